The van der Waals surface area contributed by atoms with Gasteiger partial charge in [0.25, 0.3) is 0 Å². The van der Waals surface area contributed by atoms with E-state index in [2.05, 4.69) is 17.1 Å². The Bertz CT molecular complexity index is 919. The molecule has 24 heavy (non-hydrogen) atoms. The summed E-state index contributed by atoms with van der Waals surface area (Å²) in [5.41, 5.74) is 6.46. The Morgan fingerprint density at radius 2 is 1.62 bits per heavy atom. The van der Waals surface area contributed by atoms with Crippen molar-refractivity contribution in [3.8, 4) is 0 Å². The Kier molecular flexibility index (Phi) is 3.43. The normalized spacial score (nSPS) is 19.1. The minimum atomic E-state index is -3.15. The average Bonchev–Trinajstić information content (AvgIpc) is 3.19. The third-order valence-electron chi connectivity index (χ3n) is 5.28. The van der Waals surface area contributed by atoms with Gasteiger partial charge in [0.15, 0.2) is 9.84 Å². The van der Waals surface area contributed by atoms with Crippen LogP contribution in [0, 0.1) is 12.3 Å². The Morgan fingerprint density at radius 3 is 2.17 bits per heavy atom. The number of aromatic nitrogens is 1. The van der Waals surface area contributed by atoms with Crippen molar-refractivity contribution in [3.63, 3.8) is 0 Å². The van der Waals surface area contributed by atoms with Crippen LogP contribution in [0.15, 0.2) is 47.5 Å². The summed E-state index contributed by atoms with van der Waals surface area (Å²) in [4.78, 5) is 5.01. The predicted octanol–water partition coefficient (Wildman–Crippen LogP) is 4.28. The lowest BCUT2D eigenvalue weighted by molar-refractivity contribution is 0.568. The fourth-order valence-corrected chi connectivity index (χ4v) is 4.26. The van der Waals surface area contributed by atoms with Crippen molar-refractivity contribution in [1.82, 2.24) is 4.98 Å². The SMILES string of the molecule is Cc1ccc(C2=C(c3ccc(S(C)(=O)=O)cc3)CC3(CC3)C2)nc1. The molecule has 2 aliphatic rings. The Labute approximate surface area is 143 Å². The highest BCUT2D eigenvalue weighted by Gasteiger charge is 2.48. The number of rotatable bonds is 3. The van der Waals surface area contributed by atoms with Gasteiger partial charge in [-0.25, -0.2) is 8.42 Å². The average molecular weight is 339 g/mol. The molecule has 124 valence electrons. The van der Waals surface area contributed by atoms with E-state index >= 15 is 0 Å². The molecule has 4 heteroatoms. The third-order valence-corrected chi connectivity index (χ3v) is 6.40. The van der Waals surface area contributed by atoms with E-state index in [4.69, 9.17) is 0 Å². The molecule has 1 spiro atoms. The van der Waals surface area contributed by atoms with Gasteiger partial charge in [-0.3, -0.25) is 4.98 Å². The molecule has 0 bridgehead atoms. The molecule has 2 aromatic rings. The lowest BCUT2D eigenvalue weighted by atomic mass is 9.99. The highest BCUT2D eigenvalue weighted by atomic mass is 32.2. The summed E-state index contributed by atoms with van der Waals surface area (Å²) < 4.78 is 23.3. The molecule has 1 heterocycles. The van der Waals surface area contributed by atoms with Crippen LogP contribution in [0.25, 0.3) is 11.1 Å². The summed E-state index contributed by atoms with van der Waals surface area (Å²) in [6.07, 6.45) is 7.91. The van der Waals surface area contributed by atoms with E-state index in [9.17, 15) is 8.42 Å². The number of hydrogen-bond acceptors (Lipinski definition) is 3. The van der Waals surface area contributed by atoms with Crippen LogP contribution in [-0.2, 0) is 9.84 Å². The molecule has 0 aliphatic heterocycles. The fraction of sp³-hybridized carbons (Fsp3) is 0.350. The van der Waals surface area contributed by atoms with E-state index in [1.807, 2.05) is 25.3 Å². The van der Waals surface area contributed by atoms with Crippen molar-refractivity contribution in [3.05, 3.63) is 59.4 Å². The minimum absolute atomic E-state index is 0.376. The second-order valence-electron chi connectivity index (χ2n) is 7.33. The van der Waals surface area contributed by atoms with E-state index in [0.717, 1.165) is 29.7 Å². The monoisotopic (exact) mass is 339 g/mol. The highest BCUT2D eigenvalue weighted by molar-refractivity contribution is 7.90. The number of aryl methyl sites for hydroxylation is 1. The number of pyridine rings is 1. The van der Waals surface area contributed by atoms with E-state index in [1.54, 1.807) is 12.1 Å². The number of sulfone groups is 1. The van der Waals surface area contributed by atoms with Gasteiger partial charge in [0.1, 0.15) is 0 Å². The van der Waals surface area contributed by atoms with Crippen molar-refractivity contribution in [2.24, 2.45) is 5.41 Å². The number of benzene rings is 1. The van der Waals surface area contributed by atoms with Gasteiger partial charge in [-0.05, 0) is 78.5 Å². The highest BCUT2D eigenvalue weighted by Crippen LogP contribution is 2.63. The van der Waals surface area contributed by atoms with E-state index < -0.39 is 9.84 Å². The van der Waals surface area contributed by atoms with E-state index in [1.165, 1.54) is 30.2 Å². The topological polar surface area (TPSA) is 47.0 Å². The second-order valence-corrected chi connectivity index (χ2v) is 9.34. The molecule has 0 atom stereocenters. The molecule has 0 saturated heterocycles. The smallest absolute Gasteiger partial charge is 0.175 e. The van der Waals surface area contributed by atoms with Crippen LogP contribution >= 0.6 is 0 Å². The van der Waals surface area contributed by atoms with Crippen molar-refractivity contribution >= 4 is 21.0 Å². The summed E-state index contributed by atoms with van der Waals surface area (Å²) in [6, 6.07) is 11.5. The van der Waals surface area contributed by atoms with Crippen LogP contribution in [0.2, 0.25) is 0 Å². The van der Waals surface area contributed by atoms with Crippen LogP contribution in [0.5, 0.6) is 0 Å². The van der Waals surface area contributed by atoms with Crippen LogP contribution in [-0.4, -0.2) is 19.7 Å². The summed E-state index contributed by atoms with van der Waals surface area (Å²) in [7, 11) is -3.15. The number of allylic oxidation sites excluding steroid dienone is 2. The van der Waals surface area contributed by atoms with Crippen LogP contribution in [0.1, 0.15) is 42.5 Å². The van der Waals surface area contributed by atoms with Gasteiger partial charge in [0.2, 0.25) is 0 Å². The van der Waals surface area contributed by atoms with Gasteiger partial charge < -0.3 is 0 Å². The van der Waals surface area contributed by atoms with E-state index in [-0.39, 0.29) is 0 Å². The molecule has 1 saturated carbocycles. The van der Waals surface area contributed by atoms with Gasteiger partial charge in [0, 0.05) is 12.5 Å². The Balaban J connectivity index is 1.77. The van der Waals surface area contributed by atoms with Gasteiger partial charge in [-0.2, -0.15) is 0 Å². The Hall–Kier alpha value is -1.94. The zero-order valence-corrected chi connectivity index (χ0v) is 14.9. The predicted molar refractivity (Wildman–Crippen MR) is 96.2 cm³/mol. The minimum Gasteiger partial charge on any atom is -0.256 e. The number of nitrogens with zero attached hydrogens (tertiary/aromatic N) is 1. The lowest BCUT2D eigenvalue weighted by Crippen LogP contribution is -1.97. The van der Waals surface area contributed by atoms with Gasteiger partial charge in [0.05, 0.1) is 10.6 Å². The van der Waals surface area contributed by atoms with Gasteiger partial charge in [-0.1, -0.05) is 18.2 Å². The maximum atomic E-state index is 11.7. The zero-order valence-electron chi connectivity index (χ0n) is 14.0. The molecule has 0 amide bonds. The molecule has 3 nitrogen and oxygen atoms in total. The lowest BCUT2D eigenvalue weighted by Gasteiger charge is -2.09. The maximum absolute atomic E-state index is 11.7. The molecule has 1 fully saturated rings. The van der Waals surface area contributed by atoms with E-state index in [0.29, 0.717) is 10.3 Å². The molecule has 0 N–H and O–H groups in total. The molecule has 0 radical (unpaired) electrons. The first-order valence-electron chi connectivity index (χ1n) is 8.32. The largest absolute Gasteiger partial charge is 0.256 e. The molecular formula is C20H21NO2S. The summed E-state index contributed by atoms with van der Waals surface area (Å²) in [5.74, 6) is 0. The zero-order chi connectivity index (χ0) is 16.9. The van der Waals surface area contributed by atoms with Crippen LogP contribution in [0.4, 0.5) is 0 Å². The first kappa shape index (κ1) is 15.6. The standard InChI is InChI=1S/C20H21NO2S/c1-14-3-8-19(21-13-14)18-12-20(9-10-20)11-17(18)15-4-6-16(7-5-15)24(2,22)23/h3-8,13H,9-12H2,1-2H3. The first-order chi connectivity index (χ1) is 11.4. The van der Waals surface area contributed by atoms with Crippen molar-refractivity contribution < 1.29 is 8.42 Å². The number of hydrogen-bond donors (Lipinski definition) is 0. The van der Waals surface area contributed by atoms with Crippen LogP contribution in [0.3, 0.4) is 0 Å². The second kappa shape index (κ2) is 5.28. The van der Waals surface area contributed by atoms with Crippen LogP contribution < -0.4 is 0 Å². The maximum Gasteiger partial charge on any atom is 0.175 e. The molecule has 1 aromatic heterocycles. The van der Waals surface area contributed by atoms with Crippen molar-refractivity contribution in [2.45, 2.75) is 37.5 Å². The third kappa shape index (κ3) is 2.80. The van der Waals surface area contributed by atoms with Gasteiger partial charge in [-0.15, -0.1) is 0 Å². The quantitative estimate of drug-likeness (QED) is 0.838. The molecule has 4 rings (SSSR count). The van der Waals surface area contributed by atoms with Gasteiger partial charge >= 0.3 is 0 Å². The first-order valence-corrected chi connectivity index (χ1v) is 10.2. The van der Waals surface area contributed by atoms with Crippen molar-refractivity contribution in [2.75, 3.05) is 6.26 Å². The van der Waals surface area contributed by atoms with Crippen molar-refractivity contribution in [1.29, 1.82) is 0 Å². The summed E-state index contributed by atoms with van der Waals surface area (Å²) in [5, 5.41) is 0. The Morgan fingerprint density at radius 1 is 0.958 bits per heavy atom. The molecule has 1 aromatic carbocycles. The molecule has 2 aliphatic carbocycles. The molecular weight excluding hydrogens is 318 g/mol. The summed E-state index contributed by atoms with van der Waals surface area (Å²) >= 11 is 0. The summed E-state index contributed by atoms with van der Waals surface area (Å²) in [6.45, 7) is 2.05. The molecule has 0 unspecified atom stereocenters. The fourth-order valence-electron chi connectivity index (χ4n) is 3.63.